The Labute approximate surface area is 182 Å². The standard InChI is InChI=1S/C25H25N3O3/c1-27(17-19-13-15-22(31-2)16-14-19)18-28-23(29)25(26-24(28)30,20-9-5-3-6-10-20)21-11-7-4-8-12-21/h3-16H,17-18H2,1-2H3,(H,26,30)/p+1. The average Bonchev–Trinajstić information content (AvgIpc) is 3.06. The third-order valence-electron chi connectivity index (χ3n) is 5.61. The minimum absolute atomic E-state index is 0.260. The van der Waals surface area contributed by atoms with E-state index in [0.717, 1.165) is 27.3 Å². The van der Waals surface area contributed by atoms with E-state index in [1.165, 1.54) is 4.90 Å². The third-order valence-corrected chi connectivity index (χ3v) is 5.61. The van der Waals surface area contributed by atoms with E-state index in [9.17, 15) is 9.59 Å². The van der Waals surface area contributed by atoms with Gasteiger partial charge in [0.1, 0.15) is 12.3 Å². The zero-order chi connectivity index (χ0) is 21.8. The number of hydrogen-bond donors (Lipinski definition) is 2. The molecule has 1 aliphatic rings. The second-order valence-corrected chi connectivity index (χ2v) is 7.79. The van der Waals surface area contributed by atoms with Gasteiger partial charge in [0.2, 0.25) is 0 Å². The van der Waals surface area contributed by atoms with E-state index in [1.807, 2.05) is 92.0 Å². The molecule has 4 rings (SSSR count). The van der Waals surface area contributed by atoms with Crippen LogP contribution in [-0.4, -0.2) is 37.7 Å². The summed E-state index contributed by atoms with van der Waals surface area (Å²) in [6.45, 7) is 0.933. The molecule has 1 heterocycles. The number of methoxy groups -OCH3 is 1. The van der Waals surface area contributed by atoms with Crippen molar-refractivity contribution in [2.45, 2.75) is 12.1 Å². The Hall–Kier alpha value is -3.64. The van der Waals surface area contributed by atoms with Crippen molar-refractivity contribution in [1.82, 2.24) is 10.2 Å². The van der Waals surface area contributed by atoms with Gasteiger partial charge in [-0.3, -0.25) is 4.79 Å². The van der Waals surface area contributed by atoms with Crippen LogP contribution in [0.2, 0.25) is 0 Å². The van der Waals surface area contributed by atoms with Gasteiger partial charge in [0.25, 0.3) is 5.91 Å². The molecule has 1 unspecified atom stereocenters. The summed E-state index contributed by atoms with van der Waals surface area (Å²) in [7, 11) is 3.60. The number of rotatable bonds is 7. The van der Waals surface area contributed by atoms with E-state index in [2.05, 4.69) is 5.32 Å². The molecule has 31 heavy (non-hydrogen) atoms. The topological polar surface area (TPSA) is 63.1 Å². The largest absolute Gasteiger partial charge is 0.497 e. The first kappa shape index (κ1) is 20.6. The summed E-state index contributed by atoms with van der Waals surface area (Å²) in [5.41, 5.74) is 1.37. The molecule has 0 aromatic heterocycles. The third kappa shape index (κ3) is 3.90. The zero-order valence-corrected chi connectivity index (χ0v) is 17.7. The van der Waals surface area contributed by atoms with Gasteiger partial charge in [-0.1, -0.05) is 60.7 Å². The van der Waals surface area contributed by atoms with Gasteiger partial charge in [0.05, 0.1) is 14.2 Å². The van der Waals surface area contributed by atoms with Crippen LogP contribution in [0.5, 0.6) is 5.75 Å². The number of nitrogens with one attached hydrogen (secondary N) is 2. The number of hydrogen-bond acceptors (Lipinski definition) is 3. The molecule has 0 saturated carbocycles. The summed E-state index contributed by atoms with van der Waals surface area (Å²) >= 11 is 0. The van der Waals surface area contributed by atoms with Crippen molar-refractivity contribution in [1.29, 1.82) is 0 Å². The molecule has 158 valence electrons. The van der Waals surface area contributed by atoms with Crippen LogP contribution < -0.4 is 15.0 Å². The molecule has 1 saturated heterocycles. The van der Waals surface area contributed by atoms with E-state index in [1.54, 1.807) is 7.11 Å². The molecule has 3 amide bonds. The smallest absolute Gasteiger partial charge is 0.330 e. The average molecular weight is 417 g/mol. The highest BCUT2D eigenvalue weighted by atomic mass is 16.5. The van der Waals surface area contributed by atoms with Gasteiger partial charge in [-0.15, -0.1) is 0 Å². The molecule has 2 N–H and O–H groups in total. The molecule has 0 bridgehead atoms. The molecular weight excluding hydrogens is 390 g/mol. The zero-order valence-electron chi connectivity index (χ0n) is 17.7. The maximum absolute atomic E-state index is 13.7. The number of amides is 3. The molecule has 1 aliphatic heterocycles. The van der Waals surface area contributed by atoms with Crippen molar-refractivity contribution in [3.8, 4) is 5.75 Å². The molecule has 0 radical (unpaired) electrons. The van der Waals surface area contributed by atoms with Crippen molar-refractivity contribution < 1.29 is 19.2 Å². The molecule has 1 fully saturated rings. The van der Waals surface area contributed by atoms with E-state index < -0.39 is 5.54 Å². The highest BCUT2D eigenvalue weighted by Gasteiger charge is 2.54. The van der Waals surface area contributed by atoms with Crippen LogP contribution in [0.4, 0.5) is 4.79 Å². The van der Waals surface area contributed by atoms with Crippen LogP contribution in [-0.2, 0) is 16.9 Å². The lowest BCUT2D eigenvalue weighted by atomic mass is 9.83. The Kier molecular flexibility index (Phi) is 5.73. The van der Waals surface area contributed by atoms with E-state index >= 15 is 0 Å². The predicted octanol–water partition coefficient (Wildman–Crippen LogP) is 2.16. The minimum atomic E-state index is -1.22. The molecule has 6 nitrogen and oxygen atoms in total. The van der Waals surface area contributed by atoms with Crippen molar-refractivity contribution >= 4 is 11.9 Å². The summed E-state index contributed by atoms with van der Waals surface area (Å²) in [5.74, 6) is 0.537. The van der Waals surface area contributed by atoms with Gasteiger partial charge in [-0.2, -0.15) is 0 Å². The summed E-state index contributed by atoms with van der Waals surface area (Å²) in [6.07, 6.45) is 0. The number of carbonyl (C=O) groups is 2. The molecule has 0 aliphatic carbocycles. The van der Waals surface area contributed by atoms with Gasteiger partial charge in [-0.25, -0.2) is 9.69 Å². The number of quaternary nitrogens is 1. The second kappa shape index (κ2) is 8.62. The highest BCUT2D eigenvalue weighted by Crippen LogP contribution is 2.35. The monoisotopic (exact) mass is 416 g/mol. The first-order valence-electron chi connectivity index (χ1n) is 10.2. The van der Waals surface area contributed by atoms with E-state index in [4.69, 9.17) is 4.74 Å². The van der Waals surface area contributed by atoms with E-state index in [0.29, 0.717) is 6.54 Å². The Morgan fingerprint density at radius 1 is 0.871 bits per heavy atom. The molecule has 3 aromatic carbocycles. The van der Waals surface area contributed by atoms with Crippen LogP contribution in [0, 0.1) is 0 Å². The van der Waals surface area contributed by atoms with Gasteiger partial charge in [0.15, 0.2) is 12.2 Å². The van der Waals surface area contributed by atoms with Crippen LogP contribution in [0.15, 0.2) is 84.9 Å². The van der Waals surface area contributed by atoms with Crippen LogP contribution >= 0.6 is 0 Å². The molecule has 3 aromatic rings. The van der Waals surface area contributed by atoms with Gasteiger partial charge in [-0.05, 0) is 35.4 Å². The quantitative estimate of drug-likeness (QED) is 0.581. The first-order chi connectivity index (χ1) is 15.0. The lowest BCUT2D eigenvalue weighted by molar-refractivity contribution is -0.901. The van der Waals surface area contributed by atoms with Crippen LogP contribution in [0.25, 0.3) is 0 Å². The number of ether oxygens (including phenoxy) is 1. The summed E-state index contributed by atoms with van der Waals surface area (Å²) in [4.78, 5) is 29.0. The summed E-state index contributed by atoms with van der Waals surface area (Å²) in [5, 5.41) is 2.99. The fraction of sp³-hybridized carbons (Fsp3) is 0.200. The first-order valence-corrected chi connectivity index (χ1v) is 10.2. The molecule has 1 atom stereocenters. The Morgan fingerprint density at radius 3 is 1.94 bits per heavy atom. The minimum Gasteiger partial charge on any atom is -0.497 e. The second-order valence-electron chi connectivity index (χ2n) is 7.79. The SMILES string of the molecule is COc1ccc(C[NH+](C)CN2C(=O)NC(c3ccccc3)(c3ccccc3)C2=O)cc1. The normalized spacial score (nSPS) is 16.1. The fourth-order valence-corrected chi connectivity index (χ4v) is 4.07. The number of carbonyl (C=O) groups excluding carboxylic acids is 2. The molecule has 6 heteroatoms. The maximum atomic E-state index is 13.7. The van der Waals surface area contributed by atoms with Crippen molar-refractivity contribution in [2.75, 3.05) is 20.8 Å². The van der Waals surface area contributed by atoms with Crippen molar-refractivity contribution in [3.63, 3.8) is 0 Å². The summed E-state index contributed by atoms with van der Waals surface area (Å²) in [6, 6.07) is 26.2. The Bertz CT molecular complexity index is 1010. The Balaban J connectivity index is 1.60. The number of nitrogens with zero attached hydrogens (tertiary/aromatic N) is 1. The van der Waals surface area contributed by atoms with Gasteiger partial charge in [0, 0.05) is 5.56 Å². The number of urea groups is 1. The fourth-order valence-electron chi connectivity index (χ4n) is 4.07. The van der Waals surface area contributed by atoms with Crippen LogP contribution in [0.3, 0.4) is 0 Å². The Morgan fingerprint density at radius 2 is 1.42 bits per heavy atom. The molecule has 0 spiro atoms. The van der Waals surface area contributed by atoms with Gasteiger partial charge < -0.3 is 15.0 Å². The van der Waals surface area contributed by atoms with Gasteiger partial charge >= 0.3 is 6.03 Å². The van der Waals surface area contributed by atoms with Crippen molar-refractivity contribution in [3.05, 3.63) is 102 Å². The van der Waals surface area contributed by atoms with Crippen molar-refractivity contribution in [2.24, 2.45) is 0 Å². The lowest BCUT2D eigenvalue weighted by Crippen LogP contribution is -3.09. The van der Waals surface area contributed by atoms with Crippen LogP contribution in [0.1, 0.15) is 16.7 Å². The highest BCUT2D eigenvalue weighted by molar-refractivity contribution is 6.09. The summed E-state index contributed by atoms with van der Waals surface area (Å²) < 4.78 is 5.20. The molecular formula is C25H26N3O3+. The predicted molar refractivity (Wildman–Crippen MR) is 117 cm³/mol. The number of benzene rings is 3. The lowest BCUT2D eigenvalue weighted by Gasteiger charge is -2.28. The maximum Gasteiger partial charge on any atom is 0.330 e. The van der Waals surface area contributed by atoms with E-state index in [-0.39, 0.29) is 18.6 Å². The number of imide groups is 1.